The number of amides is 4. The molecule has 1 aliphatic carbocycles. The molecule has 4 aliphatic rings. The third kappa shape index (κ3) is 5.79. The van der Waals surface area contributed by atoms with Gasteiger partial charge in [-0.25, -0.2) is 9.59 Å². The first-order valence-corrected chi connectivity index (χ1v) is 15.0. The van der Waals surface area contributed by atoms with Crippen LogP contribution in [0.3, 0.4) is 0 Å². The van der Waals surface area contributed by atoms with E-state index in [1.807, 2.05) is 40.1 Å². The molecular weight excluding hydrogens is 512 g/mol. The molecular formula is C30H44N4O6. The molecule has 5 rings (SSSR count). The highest BCUT2D eigenvalue weighted by molar-refractivity contribution is 5.78. The summed E-state index contributed by atoms with van der Waals surface area (Å²) in [5, 5.41) is 12.1. The predicted molar refractivity (Wildman–Crippen MR) is 149 cm³/mol. The first kappa shape index (κ1) is 28.7. The van der Waals surface area contributed by atoms with Crippen molar-refractivity contribution in [1.82, 2.24) is 19.6 Å². The Kier molecular flexibility index (Phi) is 8.85. The quantitative estimate of drug-likeness (QED) is 0.540. The minimum atomic E-state index is -1.03. The van der Waals surface area contributed by atoms with Crippen molar-refractivity contribution in [3.05, 3.63) is 35.9 Å². The molecule has 2 atom stereocenters. The van der Waals surface area contributed by atoms with Crippen LogP contribution in [0.4, 0.5) is 9.59 Å². The molecule has 10 heteroatoms. The van der Waals surface area contributed by atoms with Crippen LogP contribution in [-0.2, 0) is 14.3 Å². The molecule has 3 aliphatic heterocycles. The Balaban J connectivity index is 1.32. The van der Waals surface area contributed by atoms with Crippen LogP contribution >= 0.6 is 0 Å². The smallest absolute Gasteiger partial charge is 0.409 e. The molecule has 3 saturated heterocycles. The van der Waals surface area contributed by atoms with E-state index in [0.717, 1.165) is 44.1 Å². The number of morpholine rings is 1. The second-order valence-electron chi connectivity index (χ2n) is 11.9. The lowest BCUT2D eigenvalue weighted by molar-refractivity contribution is -0.165. The number of ether oxygens (including phenoxy) is 2. The second-order valence-corrected chi connectivity index (χ2v) is 11.9. The van der Waals surface area contributed by atoms with E-state index in [1.54, 1.807) is 9.80 Å². The number of hydrogen-bond donors (Lipinski definition) is 1. The Hall–Kier alpha value is -2.85. The van der Waals surface area contributed by atoms with E-state index in [4.69, 9.17) is 9.47 Å². The maximum atomic E-state index is 14.2. The van der Waals surface area contributed by atoms with Gasteiger partial charge in [0.2, 0.25) is 5.91 Å². The van der Waals surface area contributed by atoms with Crippen LogP contribution < -0.4 is 0 Å². The van der Waals surface area contributed by atoms with Gasteiger partial charge in [-0.3, -0.25) is 4.79 Å². The van der Waals surface area contributed by atoms with E-state index in [9.17, 15) is 19.5 Å². The number of benzene rings is 1. The molecule has 220 valence electrons. The number of piperidine rings is 1. The van der Waals surface area contributed by atoms with Gasteiger partial charge in [-0.1, -0.05) is 56.5 Å². The van der Waals surface area contributed by atoms with E-state index in [0.29, 0.717) is 65.4 Å². The number of carbonyl (C=O) groups excluding carboxylic acids is 3. The zero-order valence-electron chi connectivity index (χ0n) is 23.8. The molecule has 4 amide bonds. The topological polar surface area (TPSA) is 103 Å². The molecule has 1 N–H and O–H groups in total. The van der Waals surface area contributed by atoms with Crippen molar-refractivity contribution in [3.8, 4) is 0 Å². The summed E-state index contributed by atoms with van der Waals surface area (Å²) in [5.74, 6) is -0.0804. The number of β-amino-alcohol motifs (C(OH)–C–C–N with tert-alkyl or cyclic N) is 1. The summed E-state index contributed by atoms with van der Waals surface area (Å²) in [6.45, 7) is 5.90. The highest BCUT2D eigenvalue weighted by Gasteiger charge is 2.57. The third-order valence-corrected chi connectivity index (χ3v) is 9.44. The lowest BCUT2D eigenvalue weighted by Gasteiger charge is -2.54. The lowest BCUT2D eigenvalue weighted by atomic mass is 9.65. The fourth-order valence-corrected chi connectivity index (χ4v) is 7.01. The van der Waals surface area contributed by atoms with Crippen LogP contribution in [0.15, 0.2) is 30.3 Å². The van der Waals surface area contributed by atoms with Crippen molar-refractivity contribution in [2.24, 2.45) is 5.41 Å². The number of unbranched alkanes of at least 4 members (excludes halogenated alkanes) is 1. The van der Waals surface area contributed by atoms with Gasteiger partial charge in [-0.2, -0.15) is 0 Å². The van der Waals surface area contributed by atoms with Crippen LogP contribution in [-0.4, -0.2) is 114 Å². The Bertz CT molecular complexity index is 1050. The van der Waals surface area contributed by atoms with Gasteiger partial charge < -0.3 is 34.2 Å². The first-order valence-electron chi connectivity index (χ1n) is 15.0. The van der Waals surface area contributed by atoms with E-state index in [2.05, 4.69) is 6.92 Å². The molecule has 1 aromatic rings. The predicted octanol–water partition coefficient (Wildman–Crippen LogP) is 3.26. The fraction of sp³-hybridized carbons (Fsp3) is 0.700. The molecule has 1 saturated carbocycles. The molecule has 1 unspecified atom stereocenters. The maximum Gasteiger partial charge on any atom is 0.409 e. The summed E-state index contributed by atoms with van der Waals surface area (Å²) in [5.41, 5.74) is -0.489. The molecule has 3 heterocycles. The van der Waals surface area contributed by atoms with Crippen molar-refractivity contribution in [1.29, 1.82) is 0 Å². The summed E-state index contributed by atoms with van der Waals surface area (Å²) in [6, 6.07) is 9.53. The van der Waals surface area contributed by atoms with Crippen molar-refractivity contribution in [2.75, 3.05) is 65.6 Å². The minimum absolute atomic E-state index is 0.0522. The zero-order chi connectivity index (χ0) is 28.2. The highest BCUT2D eigenvalue weighted by Crippen LogP contribution is 2.51. The number of piperazine rings is 1. The van der Waals surface area contributed by atoms with Gasteiger partial charge in [0.15, 0.2) is 0 Å². The number of hydrogen-bond acceptors (Lipinski definition) is 6. The Morgan fingerprint density at radius 2 is 1.82 bits per heavy atom. The second kappa shape index (κ2) is 12.3. The summed E-state index contributed by atoms with van der Waals surface area (Å²) in [7, 11) is 0. The van der Waals surface area contributed by atoms with E-state index < -0.39 is 11.0 Å². The molecule has 0 bridgehead atoms. The van der Waals surface area contributed by atoms with Crippen LogP contribution in [0.2, 0.25) is 0 Å². The summed E-state index contributed by atoms with van der Waals surface area (Å²) in [6.07, 6.45) is 5.58. The van der Waals surface area contributed by atoms with Crippen molar-refractivity contribution in [3.63, 3.8) is 0 Å². The monoisotopic (exact) mass is 556 g/mol. The Morgan fingerprint density at radius 3 is 2.55 bits per heavy atom. The van der Waals surface area contributed by atoms with E-state index >= 15 is 0 Å². The average molecular weight is 557 g/mol. The molecule has 10 nitrogen and oxygen atoms in total. The van der Waals surface area contributed by atoms with Gasteiger partial charge in [0.05, 0.1) is 31.4 Å². The van der Waals surface area contributed by atoms with Crippen LogP contribution in [0.5, 0.6) is 0 Å². The van der Waals surface area contributed by atoms with Crippen molar-refractivity contribution < 1.29 is 29.0 Å². The number of carbonyl (C=O) groups is 3. The fourth-order valence-electron chi connectivity index (χ4n) is 7.01. The number of rotatable bonds is 6. The third-order valence-electron chi connectivity index (χ3n) is 9.44. The number of likely N-dealkylation sites (tertiary alicyclic amines) is 1. The van der Waals surface area contributed by atoms with E-state index in [1.165, 1.54) is 0 Å². The zero-order valence-corrected chi connectivity index (χ0v) is 23.8. The maximum absolute atomic E-state index is 14.2. The van der Waals surface area contributed by atoms with Gasteiger partial charge in [0.25, 0.3) is 0 Å². The van der Waals surface area contributed by atoms with Gasteiger partial charge in [0.1, 0.15) is 6.61 Å². The molecule has 0 aromatic heterocycles. The van der Waals surface area contributed by atoms with Crippen LogP contribution in [0.25, 0.3) is 0 Å². The summed E-state index contributed by atoms with van der Waals surface area (Å²) in [4.78, 5) is 46.7. The summed E-state index contributed by atoms with van der Waals surface area (Å²) < 4.78 is 10.8. The molecule has 1 aromatic carbocycles. The number of nitrogens with zero attached hydrogens (tertiary/aromatic N) is 4. The minimum Gasteiger partial charge on any atom is -0.449 e. The summed E-state index contributed by atoms with van der Waals surface area (Å²) >= 11 is 0. The van der Waals surface area contributed by atoms with Gasteiger partial charge in [-0.05, 0) is 31.2 Å². The lowest BCUT2D eigenvalue weighted by Crippen LogP contribution is -2.66. The molecule has 40 heavy (non-hydrogen) atoms. The Morgan fingerprint density at radius 1 is 1.05 bits per heavy atom. The standard InChI is InChI=1S/C30H44N4O6/c1-2-3-18-40-28(37)31-15-16-34(25(20-31)24-9-5-4-6-10-24)27(36)33-14-13-30(38,29(22-33)11-7-8-12-29)23-32-17-19-39-21-26(32)35/h4-6,9-10,25,38H,2-3,7-8,11-23H2,1H3/t25-,30?/m0/s1. The number of aliphatic hydroxyl groups is 1. The molecule has 4 fully saturated rings. The molecule has 1 spiro atoms. The van der Waals surface area contributed by atoms with Crippen LogP contribution in [0.1, 0.15) is 63.5 Å². The van der Waals surface area contributed by atoms with Crippen molar-refractivity contribution in [2.45, 2.75) is 63.5 Å². The van der Waals surface area contributed by atoms with Gasteiger partial charge >= 0.3 is 12.1 Å². The SMILES string of the molecule is CCCCOC(=O)N1CCN(C(=O)N2CCC(O)(CN3CCOCC3=O)C3(CCCC3)C2)[C@H](c2ccccc2)C1. The highest BCUT2D eigenvalue weighted by atomic mass is 16.6. The normalized spacial score (nSPS) is 26.9. The largest absolute Gasteiger partial charge is 0.449 e. The van der Waals surface area contributed by atoms with Crippen LogP contribution in [0, 0.1) is 5.41 Å². The average Bonchev–Trinajstić information content (AvgIpc) is 3.46. The number of urea groups is 1. The molecule has 0 radical (unpaired) electrons. The first-order chi connectivity index (χ1) is 19.4. The Labute approximate surface area is 237 Å². The van der Waals surface area contributed by atoms with Gasteiger partial charge in [-0.15, -0.1) is 0 Å². The van der Waals surface area contributed by atoms with Crippen molar-refractivity contribution >= 4 is 18.0 Å². The van der Waals surface area contributed by atoms with E-state index in [-0.39, 0.29) is 30.7 Å². The van der Waals surface area contributed by atoms with Gasteiger partial charge in [0, 0.05) is 44.7 Å².